The van der Waals surface area contributed by atoms with Gasteiger partial charge in [0.1, 0.15) is 17.6 Å². The van der Waals surface area contributed by atoms with E-state index in [0.717, 1.165) is 32.9 Å². The number of likely N-dealkylation sites (tertiary alicyclic amines) is 1. The lowest BCUT2D eigenvalue weighted by Crippen LogP contribution is -2.59. The van der Waals surface area contributed by atoms with Gasteiger partial charge < -0.3 is 20.1 Å². The van der Waals surface area contributed by atoms with Gasteiger partial charge >= 0.3 is 5.97 Å². The molecule has 2 amide bonds. The maximum absolute atomic E-state index is 15.2. The average Bonchev–Trinajstić information content (AvgIpc) is 3.60. The number of aromatic nitrogens is 2. The first kappa shape index (κ1) is 34.4. The van der Waals surface area contributed by atoms with Gasteiger partial charge in [0.2, 0.25) is 5.91 Å². The number of hydrogen-bond acceptors (Lipinski definition) is 7. The predicted octanol–water partition coefficient (Wildman–Crippen LogP) is 6.87. The van der Waals surface area contributed by atoms with Crippen molar-refractivity contribution in [3.8, 4) is 39.4 Å². The molecular weight excluding hydrogens is 656 g/mol. The van der Waals surface area contributed by atoms with Crippen LogP contribution in [0.1, 0.15) is 40.9 Å². The lowest BCUT2D eigenvalue weighted by atomic mass is 9.95. The van der Waals surface area contributed by atoms with E-state index in [1.54, 1.807) is 31.6 Å². The van der Waals surface area contributed by atoms with Crippen LogP contribution in [-0.4, -0.2) is 64.0 Å². The summed E-state index contributed by atoms with van der Waals surface area (Å²) in [6, 6.07) is 22.6. The number of rotatable bonds is 10. The highest BCUT2D eigenvalue weighted by Crippen LogP contribution is 2.31. The molecule has 9 nitrogen and oxygen atoms in total. The van der Waals surface area contributed by atoms with E-state index in [-0.39, 0.29) is 42.6 Å². The normalized spacial score (nSPS) is 13.7. The van der Waals surface area contributed by atoms with Gasteiger partial charge in [0.25, 0.3) is 5.91 Å². The minimum atomic E-state index is -0.943. The van der Waals surface area contributed by atoms with E-state index in [1.165, 1.54) is 22.3 Å². The van der Waals surface area contributed by atoms with Crippen molar-refractivity contribution in [3.63, 3.8) is 0 Å². The van der Waals surface area contributed by atoms with Crippen LogP contribution in [0.15, 0.2) is 91.3 Å². The Morgan fingerprint density at radius 1 is 0.920 bits per heavy atom. The van der Waals surface area contributed by atoms with Gasteiger partial charge in [0, 0.05) is 53.5 Å². The molecule has 1 aliphatic heterocycles. The summed E-state index contributed by atoms with van der Waals surface area (Å²) in [5, 5.41) is 12.2. The highest BCUT2D eigenvalue weighted by atomic mass is 32.1. The number of aliphatic carboxylic acids is 1. The third-order valence-corrected chi connectivity index (χ3v) is 10.2. The summed E-state index contributed by atoms with van der Waals surface area (Å²) in [5.41, 5.74) is 3.93. The second-order valence-corrected chi connectivity index (χ2v) is 14.4. The molecule has 6 rings (SSSR count). The van der Waals surface area contributed by atoms with Gasteiger partial charge in [-0.2, -0.15) is 0 Å². The van der Waals surface area contributed by atoms with Crippen molar-refractivity contribution in [2.45, 2.75) is 38.6 Å². The number of nitrogens with zero attached hydrogens (tertiary/aromatic N) is 3. The minimum Gasteiger partial charge on any atom is -0.497 e. The van der Waals surface area contributed by atoms with Gasteiger partial charge in [0.15, 0.2) is 5.82 Å². The molecule has 50 heavy (non-hydrogen) atoms. The largest absolute Gasteiger partial charge is 0.497 e. The minimum absolute atomic E-state index is 0.108. The summed E-state index contributed by atoms with van der Waals surface area (Å²) >= 11 is 1.39. The lowest BCUT2D eigenvalue weighted by Gasteiger charge is -2.38. The summed E-state index contributed by atoms with van der Waals surface area (Å²) < 4.78 is 20.4. The molecule has 2 N–H and O–H groups in total. The SMILES string of the molecule is COc1ccc(-c2ccc(-c3cnc(-c4ccc(C[C@H](NC(=O)c5ccc(C(C)(C)C)s5)C(=O)N5CC(C(=O)O)C5)cc4)nc3)c(F)c2)cc1. The third-order valence-electron chi connectivity index (χ3n) is 8.72. The first-order valence-electron chi connectivity index (χ1n) is 16.2. The Hall–Kier alpha value is -5.42. The number of hydrogen-bond donors (Lipinski definition) is 2. The van der Waals surface area contributed by atoms with E-state index < -0.39 is 17.9 Å². The fraction of sp³-hybridized carbons (Fsp3) is 0.256. The van der Waals surface area contributed by atoms with Crippen molar-refractivity contribution >= 4 is 29.1 Å². The van der Waals surface area contributed by atoms with E-state index in [1.807, 2.05) is 60.7 Å². The van der Waals surface area contributed by atoms with Gasteiger partial charge in [-0.25, -0.2) is 14.4 Å². The van der Waals surface area contributed by atoms with Crippen LogP contribution in [0.4, 0.5) is 4.39 Å². The number of nitrogens with one attached hydrogen (secondary N) is 1. The first-order valence-corrected chi connectivity index (χ1v) is 17.0. The number of carbonyl (C=O) groups excluding carboxylic acids is 2. The topological polar surface area (TPSA) is 122 Å². The average molecular weight is 693 g/mol. The summed E-state index contributed by atoms with van der Waals surface area (Å²) in [7, 11) is 1.60. The number of ether oxygens (including phenoxy) is 1. The molecule has 0 aliphatic carbocycles. The number of halogens is 1. The summed E-state index contributed by atoms with van der Waals surface area (Å²) in [6.45, 7) is 6.43. The molecule has 0 unspecified atom stereocenters. The molecule has 1 aliphatic rings. The van der Waals surface area contributed by atoms with E-state index in [2.05, 4.69) is 36.1 Å². The summed E-state index contributed by atoms with van der Waals surface area (Å²) in [5.74, 6) is -1.44. The van der Waals surface area contributed by atoms with E-state index in [9.17, 15) is 19.5 Å². The zero-order valence-corrected chi connectivity index (χ0v) is 29.0. The zero-order chi connectivity index (χ0) is 35.6. The maximum atomic E-state index is 15.2. The Morgan fingerprint density at radius 3 is 2.14 bits per heavy atom. The lowest BCUT2D eigenvalue weighted by molar-refractivity contribution is -0.153. The second-order valence-electron chi connectivity index (χ2n) is 13.3. The van der Waals surface area contributed by atoms with E-state index in [4.69, 9.17) is 4.74 Å². The van der Waals surface area contributed by atoms with Gasteiger partial charge in [-0.1, -0.05) is 69.3 Å². The van der Waals surface area contributed by atoms with E-state index >= 15 is 4.39 Å². The molecular formula is C39H37FN4O5S. The molecule has 3 aromatic carbocycles. The highest BCUT2D eigenvalue weighted by Gasteiger charge is 2.39. The number of methoxy groups -OCH3 is 1. The fourth-order valence-corrected chi connectivity index (χ4v) is 6.65. The number of carboxylic acid groups (broad SMARTS) is 1. The standard InChI is InChI=1S/C39H37FN4O5S/c1-39(2,3)34-16-15-33(50-34)36(45)43-32(37(46)44-21-28(22-44)38(47)48)17-23-5-7-25(8-6-23)35-41-19-27(20-42-35)30-14-11-26(18-31(30)40)24-9-12-29(49-4)13-10-24/h5-16,18-20,28,32H,17,21-22H2,1-4H3,(H,43,45)(H,47,48)/t32-/m0/s1. The van der Waals surface area contributed by atoms with Crippen LogP contribution in [0.2, 0.25) is 0 Å². The van der Waals surface area contributed by atoms with Crippen molar-refractivity contribution < 1.29 is 28.6 Å². The quantitative estimate of drug-likeness (QED) is 0.164. The van der Waals surface area contributed by atoms with Crippen molar-refractivity contribution in [1.29, 1.82) is 0 Å². The van der Waals surface area contributed by atoms with Crippen LogP contribution in [0.3, 0.4) is 0 Å². The Labute approximate surface area is 293 Å². The number of benzene rings is 3. The van der Waals surface area contributed by atoms with Crippen molar-refractivity contribution in [2.24, 2.45) is 5.92 Å². The molecule has 0 spiro atoms. The number of carbonyl (C=O) groups is 3. The van der Waals surface area contributed by atoms with Crippen LogP contribution >= 0.6 is 11.3 Å². The van der Waals surface area contributed by atoms with Crippen molar-refractivity contribution in [3.05, 3.63) is 112 Å². The van der Waals surface area contributed by atoms with E-state index in [0.29, 0.717) is 21.8 Å². The molecule has 1 saturated heterocycles. The highest BCUT2D eigenvalue weighted by molar-refractivity contribution is 7.14. The second kappa shape index (κ2) is 14.2. The Bertz CT molecular complexity index is 2020. The molecule has 0 saturated carbocycles. The van der Waals surface area contributed by atoms with Crippen molar-refractivity contribution in [2.75, 3.05) is 20.2 Å². The molecule has 0 bridgehead atoms. The third kappa shape index (κ3) is 7.58. The smallest absolute Gasteiger partial charge is 0.310 e. The Balaban J connectivity index is 1.15. The molecule has 2 aromatic heterocycles. The number of carboxylic acids is 1. The molecule has 0 radical (unpaired) electrons. The molecule has 11 heteroatoms. The maximum Gasteiger partial charge on any atom is 0.310 e. The monoisotopic (exact) mass is 692 g/mol. The van der Waals surface area contributed by atoms with Gasteiger partial charge in [-0.3, -0.25) is 14.4 Å². The van der Waals surface area contributed by atoms with Crippen LogP contribution < -0.4 is 10.1 Å². The van der Waals surface area contributed by atoms with Crippen molar-refractivity contribution in [1.82, 2.24) is 20.2 Å². The van der Waals surface area contributed by atoms with Gasteiger partial charge in [-0.15, -0.1) is 11.3 Å². The Kier molecular flexibility index (Phi) is 9.79. The number of amides is 2. The van der Waals surface area contributed by atoms with Gasteiger partial charge in [-0.05, 0) is 52.4 Å². The van der Waals surface area contributed by atoms with Crippen LogP contribution in [-0.2, 0) is 21.4 Å². The van der Waals surface area contributed by atoms with Crippen LogP contribution in [0.25, 0.3) is 33.6 Å². The molecule has 256 valence electrons. The first-order chi connectivity index (χ1) is 23.9. The fourth-order valence-electron chi connectivity index (χ4n) is 5.68. The zero-order valence-electron chi connectivity index (χ0n) is 28.1. The van der Waals surface area contributed by atoms with Crippen LogP contribution in [0.5, 0.6) is 5.75 Å². The molecule has 5 aromatic rings. The molecule has 1 atom stereocenters. The summed E-state index contributed by atoms with van der Waals surface area (Å²) in [4.78, 5) is 50.1. The van der Waals surface area contributed by atoms with Gasteiger partial charge in [0.05, 0.1) is 17.9 Å². The number of thiophene rings is 1. The molecule has 3 heterocycles. The Morgan fingerprint density at radius 2 is 1.56 bits per heavy atom. The molecule has 1 fully saturated rings. The predicted molar refractivity (Wildman–Crippen MR) is 191 cm³/mol. The summed E-state index contributed by atoms with van der Waals surface area (Å²) in [6.07, 6.45) is 3.38. The van der Waals surface area contributed by atoms with Crippen LogP contribution in [0, 0.1) is 11.7 Å².